The van der Waals surface area contributed by atoms with Gasteiger partial charge in [-0.1, -0.05) is 0 Å². The Morgan fingerprint density at radius 3 is 2.71 bits per heavy atom. The fourth-order valence-electron chi connectivity index (χ4n) is 1.56. The van der Waals surface area contributed by atoms with Crippen LogP contribution in [-0.4, -0.2) is 52.1 Å². The molecule has 0 radical (unpaired) electrons. The van der Waals surface area contributed by atoms with Crippen molar-refractivity contribution >= 4 is 23.6 Å². The topological polar surface area (TPSA) is 69.6 Å². The van der Waals surface area contributed by atoms with Gasteiger partial charge in [0.2, 0.25) is 5.91 Å². The summed E-state index contributed by atoms with van der Waals surface area (Å²) in [4.78, 5) is 24.0. The maximum Gasteiger partial charge on any atom is 0.327 e. The second-order valence-corrected chi connectivity index (χ2v) is 4.46. The summed E-state index contributed by atoms with van der Waals surface area (Å²) in [6, 6.07) is -0.773. The number of nitrogens with one attached hydrogen (secondary N) is 1. The minimum Gasteiger partial charge on any atom is -0.480 e. The molecule has 2 saturated heterocycles. The third-order valence-electron chi connectivity index (χ3n) is 2.57. The third-order valence-corrected chi connectivity index (χ3v) is 3.58. The highest BCUT2D eigenvalue weighted by Crippen LogP contribution is 2.23. The Labute approximate surface area is 85.8 Å². The quantitative estimate of drug-likeness (QED) is 0.641. The van der Waals surface area contributed by atoms with Crippen molar-refractivity contribution in [2.24, 2.45) is 0 Å². The predicted molar refractivity (Wildman–Crippen MR) is 52.0 cm³/mol. The van der Waals surface area contributed by atoms with E-state index in [-0.39, 0.29) is 11.9 Å². The van der Waals surface area contributed by atoms with Gasteiger partial charge in [-0.05, 0) is 13.0 Å². The van der Waals surface area contributed by atoms with Gasteiger partial charge in [0.15, 0.2) is 0 Å². The molecule has 2 aliphatic heterocycles. The van der Waals surface area contributed by atoms with E-state index < -0.39 is 12.0 Å². The maximum absolute atomic E-state index is 11.7. The number of rotatable bonds is 2. The van der Waals surface area contributed by atoms with Crippen molar-refractivity contribution in [1.82, 2.24) is 10.2 Å². The van der Waals surface area contributed by atoms with Gasteiger partial charge < -0.3 is 15.3 Å². The fourth-order valence-corrected chi connectivity index (χ4v) is 2.72. The second-order valence-electron chi connectivity index (χ2n) is 3.46. The van der Waals surface area contributed by atoms with Crippen molar-refractivity contribution in [2.75, 3.05) is 18.2 Å². The maximum atomic E-state index is 11.7. The fraction of sp³-hybridized carbons (Fsp3) is 0.750. The smallest absolute Gasteiger partial charge is 0.327 e. The lowest BCUT2D eigenvalue weighted by molar-refractivity contribution is -0.149. The summed E-state index contributed by atoms with van der Waals surface area (Å²) >= 11 is 1.50. The molecule has 2 rings (SSSR count). The Bertz CT molecular complexity index is 267. The molecular weight excluding hydrogens is 204 g/mol. The number of carboxylic acid groups (broad SMARTS) is 1. The molecule has 1 amide bonds. The molecule has 0 aromatic heterocycles. The summed E-state index contributed by atoms with van der Waals surface area (Å²) in [5.41, 5.74) is 0. The molecule has 6 heteroatoms. The lowest BCUT2D eigenvalue weighted by atomic mass is 10.1. The van der Waals surface area contributed by atoms with Gasteiger partial charge in [0.25, 0.3) is 0 Å². The van der Waals surface area contributed by atoms with Crippen LogP contribution < -0.4 is 5.32 Å². The first-order valence-corrected chi connectivity index (χ1v) is 5.70. The van der Waals surface area contributed by atoms with Gasteiger partial charge in [-0.3, -0.25) is 4.79 Å². The van der Waals surface area contributed by atoms with Gasteiger partial charge >= 0.3 is 5.97 Å². The van der Waals surface area contributed by atoms with Crippen molar-refractivity contribution in [2.45, 2.75) is 18.5 Å². The van der Waals surface area contributed by atoms with Crippen LogP contribution in [-0.2, 0) is 9.59 Å². The molecule has 5 nitrogen and oxygen atoms in total. The predicted octanol–water partition coefficient (Wildman–Crippen LogP) is -0.666. The molecule has 2 unspecified atom stereocenters. The van der Waals surface area contributed by atoms with Gasteiger partial charge in [-0.25, -0.2) is 4.79 Å². The minimum absolute atomic E-state index is 0.0614. The highest BCUT2D eigenvalue weighted by atomic mass is 32.2. The summed E-state index contributed by atoms with van der Waals surface area (Å²) in [7, 11) is 0. The summed E-state index contributed by atoms with van der Waals surface area (Å²) in [5.74, 6) is 0.0539. The lowest BCUT2D eigenvalue weighted by Crippen LogP contribution is -2.56. The number of carbonyl (C=O) groups excluding carboxylic acids is 1. The van der Waals surface area contributed by atoms with Crippen molar-refractivity contribution in [3.63, 3.8) is 0 Å². The van der Waals surface area contributed by atoms with Crippen LogP contribution >= 0.6 is 11.8 Å². The zero-order valence-electron chi connectivity index (χ0n) is 7.60. The van der Waals surface area contributed by atoms with E-state index in [2.05, 4.69) is 5.32 Å². The molecule has 78 valence electrons. The third kappa shape index (κ3) is 1.59. The minimum atomic E-state index is -0.900. The van der Waals surface area contributed by atoms with Gasteiger partial charge in [0, 0.05) is 5.75 Å². The second kappa shape index (κ2) is 3.78. The number of carbonyl (C=O) groups is 2. The van der Waals surface area contributed by atoms with Crippen LogP contribution in [0.2, 0.25) is 0 Å². The molecule has 2 aliphatic rings. The zero-order valence-corrected chi connectivity index (χ0v) is 8.42. The zero-order chi connectivity index (χ0) is 10.1. The average molecular weight is 216 g/mol. The molecule has 0 aromatic carbocycles. The number of carboxylic acids is 1. The molecule has 14 heavy (non-hydrogen) atoms. The van der Waals surface area contributed by atoms with E-state index in [4.69, 9.17) is 5.11 Å². The van der Waals surface area contributed by atoms with Gasteiger partial charge in [-0.2, -0.15) is 0 Å². The van der Waals surface area contributed by atoms with Crippen LogP contribution in [0.15, 0.2) is 0 Å². The number of nitrogens with zero attached hydrogens (tertiary/aromatic N) is 1. The Morgan fingerprint density at radius 1 is 1.50 bits per heavy atom. The first-order valence-electron chi connectivity index (χ1n) is 4.54. The number of amides is 1. The van der Waals surface area contributed by atoms with E-state index in [1.54, 1.807) is 0 Å². The number of hydrogen-bond donors (Lipinski definition) is 2. The monoisotopic (exact) mass is 216 g/mol. The molecule has 2 fully saturated rings. The van der Waals surface area contributed by atoms with Crippen molar-refractivity contribution < 1.29 is 14.7 Å². The van der Waals surface area contributed by atoms with Crippen LogP contribution in [0.25, 0.3) is 0 Å². The van der Waals surface area contributed by atoms with E-state index in [0.717, 1.165) is 13.0 Å². The van der Waals surface area contributed by atoms with Crippen LogP contribution in [0.5, 0.6) is 0 Å². The van der Waals surface area contributed by atoms with Crippen molar-refractivity contribution in [1.29, 1.82) is 0 Å². The molecule has 2 atom stereocenters. The molecule has 0 bridgehead atoms. The Kier molecular flexibility index (Phi) is 2.64. The lowest BCUT2D eigenvalue weighted by Gasteiger charge is -2.31. The van der Waals surface area contributed by atoms with Crippen molar-refractivity contribution in [3.05, 3.63) is 0 Å². The summed E-state index contributed by atoms with van der Waals surface area (Å²) in [6.45, 7) is 0.856. The van der Waals surface area contributed by atoms with Crippen LogP contribution in [0.1, 0.15) is 6.42 Å². The summed E-state index contributed by atoms with van der Waals surface area (Å²) < 4.78 is 0. The molecule has 2 N–H and O–H groups in total. The Morgan fingerprint density at radius 2 is 2.21 bits per heavy atom. The molecule has 0 spiro atoms. The standard InChI is InChI=1S/C8H12N2O3S/c11-7(5-1-2-9-5)10-4-14-3-6(10)8(12)13/h5-6,9H,1-4H2,(H,12,13). The first-order chi connectivity index (χ1) is 6.70. The van der Waals surface area contributed by atoms with E-state index in [9.17, 15) is 9.59 Å². The van der Waals surface area contributed by atoms with Gasteiger partial charge in [0.05, 0.1) is 11.9 Å². The number of hydrogen-bond acceptors (Lipinski definition) is 4. The van der Waals surface area contributed by atoms with Gasteiger partial charge in [-0.15, -0.1) is 11.8 Å². The van der Waals surface area contributed by atoms with Gasteiger partial charge in [0.1, 0.15) is 6.04 Å². The van der Waals surface area contributed by atoms with Crippen molar-refractivity contribution in [3.8, 4) is 0 Å². The number of aliphatic carboxylic acids is 1. The Hall–Kier alpha value is -0.750. The van der Waals surface area contributed by atoms with E-state index >= 15 is 0 Å². The van der Waals surface area contributed by atoms with Crippen LogP contribution in [0.3, 0.4) is 0 Å². The summed E-state index contributed by atoms with van der Waals surface area (Å²) in [6.07, 6.45) is 0.826. The highest BCUT2D eigenvalue weighted by molar-refractivity contribution is 7.99. The van der Waals surface area contributed by atoms with E-state index in [1.165, 1.54) is 16.7 Å². The van der Waals surface area contributed by atoms with E-state index in [0.29, 0.717) is 11.6 Å². The van der Waals surface area contributed by atoms with E-state index in [1.807, 2.05) is 0 Å². The molecule has 0 saturated carbocycles. The van der Waals surface area contributed by atoms with Crippen LogP contribution in [0, 0.1) is 0 Å². The SMILES string of the molecule is O=C(O)C1CSCN1C(=O)C1CCN1. The first kappa shape index (κ1) is 9.79. The highest BCUT2D eigenvalue weighted by Gasteiger charge is 2.38. The molecule has 0 aromatic rings. The molecular formula is C8H12N2O3S. The van der Waals surface area contributed by atoms with Crippen LogP contribution in [0.4, 0.5) is 0 Å². The largest absolute Gasteiger partial charge is 0.480 e. The molecule has 2 heterocycles. The number of thioether (sulfide) groups is 1. The molecule has 0 aliphatic carbocycles. The summed E-state index contributed by atoms with van der Waals surface area (Å²) in [5, 5.41) is 11.9. The average Bonchev–Trinajstić information content (AvgIpc) is 2.47. The Balaban J connectivity index is 2.01. The normalized spacial score (nSPS) is 31.3.